The number of carbonyl (C=O) groups excluding carboxylic acids is 1. The molecular formula is C14H13FN4OS. The van der Waals surface area contributed by atoms with Crippen molar-refractivity contribution in [2.24, 2.45) is 5.10 Å². The van der Waals surface area contributed by atoms with Crippen LogP contribution < -0.4 is 5.43 Å². The third-order valence-corrected chi connectivity index (χ3v) is 3.36. The van der Waals surface area contributed by atoms with Crippen molar-refractivity contribution in [3.8, 4) is 0 Å². The number of aromatic nitrogens is 2. The van der Waals surface area contributed by atoms with Crippen LogP contribution in [0.15, 0.2) is 53.0 Å². The van der Waals surface area contributed by atoms with Crippen LogP contribution in [0.3, 0.4) is 0 Å². The van der Waals surface area contributed by atoms with Gasteiger partial charge in [-0.2, -0.15) is 5.10 Å². The second kappa shape index (κ2) is 7.49. The summed E-state index contributed by atoms with van der Waals surface area (Å²) >= 11 is 1.22. The van der Waals surface area contributed by atoms with E-state index >= 15 is 0 Å². The number of nitrogens with zero attached hydrogens (tertiary/aromatic N) is 3. The van der Waals surface area contributed by atoms with E-state index in [9.17, 15) is 9.18 Å². The predicted molar refractivity (Wildman–Crippen MR) is 79.5 cm³/mol. The molecule has 1 N–H and O–H groups in total. The summed E-state index contributed by atoms with van der Waals surface area (Å²) in [6.07, 6.45) is 3.23. The van der Waals surface area contributed by atoms with Gasteiger partial charge in [0.2, 0.25) is 0 Å². The number of carbonyl (C=O) groups is 1. The van der Waals surface area contributed by atoms with Gasteiger partial charge >= 0.3 is 0 Å². The van der Waals surface area contributed by atoms with E-state index in [0.717, 1.165) is 5.56 Å². The molecule has 7 heteroatoms. The number of amides is 1. The highest BCUT2D eigenvalue weighted by molar-refractivity contribution is 7.99. The summed E-state index contributed by atoms with van der Waals surface area (Å²) in [4.78, 5) is 19.7. The fraction of sp³-hybridized carbons (Fsp3) is 0.143. The third kappa shape index (κ3) is 4.96. The molecule has 21 heavy (non-hydrogen) atoms. The molecule has 0 radical (unpaired) electrons. The van der Waals surface area contributed by atoms with Gasteiger partial charge in [0.05, 0.1) is 11.5 Å². The van der Waals surface area contributed by atoms with Crippen molar-refractivity contribution in [1.29, 1.82) is 0 Å². The minimum Gasteiger partial charge on any atom is -0.272 e. The summed E-state index contributed by atoms with van der Waals surface area (Å²) in [7, 11) is 0. The lowest BCUT2D eigenvalue weighted by molar-refractivity contribution is -0.118. The number of hydrogen-bond donors (Lipinski definition) is 1. The highest BCUT2D eigenvalue weighted by atomic mass is 32.2. The molecule has 0 spiro atoms. The average Bonchev–Trinajstić information content (AvgIpc) is 2.52. The molecule has 108 valence electrons. The summed E-state index contributed by atoms with van der Waals surface area (Å²) in [5.41, 5.74) is 3.79. The topological polar surface area (TPSA) is 67.2 Å². The Balaban J connectivity index is 1.85. The van der Waals surface area contributed by atoms with Crippen molar-refractivity contribution in [1.82, 2.24) is 15.4 Å². The van der Waals surface area contributed by atoms with Crippen molar-refractivity contribution in [3.63, 3.8) is 0 Å². The first-order chi connectivity index (χ1) is 10.1. The zero-order chi connectivity index (χ0) is 15.1. The molecular weight excluding hydrogens is 291 g/mol. The van der Waals surface area contributed by atoms with Crippen molar-refractivity contribution in [2.75, 3.05) is 5.75 Å². The molecule has 0 aliphatic carbocycles. The SMILES string of the molecule is C/C(=N\NC(=O)CSc1ncccn1)c1ccc(F)cc1. The number of thioether (sulfide) groups is 1. The van der Waals surface area contributed by atoms with Crippen LogP contribution in [0.4, 0.5) is 4.39 Å². The van der Waals surface area contributed by atoms with Gasteiger partial charge < -0.3 is 0 Å². The van der Waals surface area contributed by atoms with Crippen LogP contribution in [0.1, 0.15) is 12.5 Å². The molecule has 1 amide bonds. The van der Waals surface area contributed by atoms with Gasteiger partial charge in [0, 0.05) is 12.4 Å². The Bertz CT molecular complexity index is 631. The fourth-order valence-corrected chi connectivity index (χ4v) is 2.02. The Morgan fingerprint density at radius 2 is 1.95 bits per heavy atom. The Kier molecular flexibility index (Phi) is 5.39. The monoisotopic (exact) mass is 304 g/mol. The van der Waals surface area contributed by atoms with E-state index in [1.54, 1.807) is 37.5 Å². The number of nitrogens with one attached hydrogen (secondary N) is 1. The van der Waals surface area contributed by atoms with E-state index in [4.69, 9.17) is 0 Å². The number of hydrazone groups is 1. The number of halogens is 1. The molecule has 2 rings (SSSR count). The van der Waals surface area contributed by atoms with Crippen LogP contribution >= 0.6 is 11.8 Å². The van der Waals surface area contributed by atoms with Crippen molar-refractivity contribution in [2.45, 2.75) is 12.1 Å². The molecule has 0 atom stereocenters. The molecule has 5 nitrogen and oxygen atoms in total. The molecule has 2 aromatic rings. The van der Waals surface area contributed by atoms with E-state index in [0.29, 0.717) is 10.9 Å². The summed E-state index contributed by atoms with van der Waals surface area (Å²) in [5, 5.41) is 4.51. The lowest BCUT2D eigenvalue weighted by Crippen LogP contribution is -2.21. The quantitative estimate of drug-likeness (QED) is 0.398. The van der Waals surface area contributed by atoms with Gasteiger partial charge in [0.15, 0.2) is 5.16 Å². The molecule has 1 heterocycles. The van der Waals surface area contributed by atoms with Crippen molar-refractivity contribution in [3.05, 3.63) is 54.1 Å². The van der Waals surface area contributed by atoms with Gasteiger partial charge in [0.25, 0.3) is 5.91 Å². The van der Waals surface area contributed by atoms with Crippen LogP contribution in [0.5, 0.6) is 0 Å². The smallest absolute Gasteiger partial charge is 0.250 e. The van der Waals surface area contributed by atoms with E-state index < -0.39 is 0 Å². The van der Waals surface area contributed by atoms with Crippen LogP contribution in [0, 0.1) is 5.82 Å². The van der Waals surface area contributed by atoms with E-state index in [2.05, 4.69) is 20.5 Å². The first-order valence-corrected chi connectivity index (χ1v) is 7.12. The van der Waals surface area contributed by atoms with Gasteiger partial charge in [-0.1, -0.05) is 23.9 Å². The average molecular weight is 304 g/mol. The predicted octanol–water partition coefficient (Wildman–Crippen LogP) is 2.25. The Hall–Kier alpha value is -2.28. The van der Waals surface area contributed by atoms with Crippen LogP contribution in [-0.4, -0.2) is 27.3 Å². The third-order valence-electron chi connectivity index (χ3n) is 2.48. The fourth-order valence-electron chi connectivity index (χ4n) is 1.42. The first kappa shape index (κ1) is 15.1. The van der Waals surface area contributed by atoms with Gasteiger partial charge in [-0.15, -0.1) is 0 Å². The molecule has 1 aromatic carbocycles. The molecule has 0 saturated carbocycles. The maximum atomic E-state index is 12.8. The summed E-state index contributed by atoms with van der Waals surface area (Å²) < 4.78 is 12.8. The molecule has 0 aliphatic rings. The maximum absolute atomic E-state index is 12.8. The van der Waals surface area contributed by atoms with Crippen molar-refractivity contribution >= 4 is 23.4 Å². The second-order valence-corrected chi connectivity index (χ2v) is 5.00. The zero-order valence-electron chi connectivity index (χ0n) is 11.3. The van der Waals surface area contributed by atoms with E-state index in [1.165, 1.54) is 23.9 Å². The normalized spacial score (nSPS) is 11.2. The summed E-state index contributed by atoms with van der Waals surface area (Å²) in [5.74, 6) is -0.395. The molecule has 0 aliphatic heterocycles. The highest BCUT2D eigenvalue weighted by Gasteiger charge is 2.04. The molecule has 0 bridgehead atoms. The minimum absolute atomic E-state index is 0.171. The molecule has 1 aromatic heterocycles. The van der Waals surface area contributed by atoms with E-state index in [1.807, 2.05) is 0 Å². The number of hydrogen-bond acceptors (Lipinski definition) is 5. The summed E-state index contributed by atoms with van der Waals surface area (Å²) in [6.45, 7) is 1.74. The molecule has 0 saturated heterocycles. The molecule has 0 unspecified atom stereocenters. The van der Waals surface area contributed by atoms with E-state index in [-0.39, 0.29) is 17.5 Å². The lowest BCUT2D eigenvalue weighted by atomic mass is 10.1. The maximum Gasteiger partial charge on any atom is 0.250 e. The zero-order valence-corrected chi connectivity index (χ0v) is 12.1. The minimum atomic E-state index is -0.310. The van der Waals surface area contributed by atoms with Crippen molar-refractivity contribution < 1.29 is 9.18 Å². The van der Waals surface area contributed by atoms with Gasteiger partial charge in [-0.25, -0.2) is 19.8 Å². The Labute approximate surface area is 125 Å². The van der Waals surface area contributed by atoms with Gasteiger partial charge in [-0.05, 0) is 30.7 Å². The largest absolute Gasteiger partial charge is 0.272 e. The number of benzene rings is 1. The van der Waals surface area contributed by atoms with Crippen LogP contribution in [0.2, 0.25) is 0 Å². The summed E-state index contributed by atoms with van der Waals surface area (Å²) in [6, 6.07) is 7.61. The Morgan fingerprint density at radius 1 is 1.29 bits per heavy atom. The van der Waals surface area contributed by atoms with Gasteiger partial charge in [-0.3, -0.25) is 4.79 Å². The second-order valence-electron chi connectivity index (χ2n) is 4.06. The van der Waals surface area contributed by atoms with Gasteiger partial charge in [0.1, 0.15) is 5.82 Å². The first-order valence-electron chi connectivity index (χ1n) is 6.14. The molecule has 0 fully saturated rings. The van der Waals surface area contributed by atoms with Crippen LogP contribution in [0.25, 0.3) is 0 Å². The lowest BCUT2D eigenvalue weighted by Gasteiger charge is -2.02. The standard InChI is InChI=1S/C14H13FN4OS/c1-10(11-3-5-12(15)6-4-11)18-19-13(20)9-21-14-16-7-2-8-17-14/h2-8H,9H2,1H3,(H,19,20)/b18-10+. The highest BCUT2D eigenvalue weighted by Crippen LogP contribution is 2.10. The Morgan fingerprint density at radius 3 is 2.62 bits per heavy atom. The number of rotatable bonds is 5. The van der Waals surface area contributed by atoms with Crippen LogP contribution in [-0.2, 0) is 4.79 Å².